The van der Waals surface area contributed by atoms with E-state index < -0.39 is 6.04 Å². The summed E-state index contributed by atoms with van der Waals surface area (Å²) in [5.74, 6) is -0.0847. The van der Waals surface area contributed by atoms with Crippen LogP contribution in [0.5, 0.6) is 0 Å². The van der Waals surface area contributed by atoms with Gasteiger partial charge in [-0.1, -0.05) is 88.2 Å². The largest absolute Gasteiger partial charge is 0.354 e. The highest BCUT2D eigenvalue weighted by Gasteiger charge is 2.25. The zero-order valence-corrected chi connectivity index (χ0v) is 20.7. The Kier molecular flexibility index (Phi) is 9.49. The van der Waals surface area contributed by atoms with Crippen LogP contribution in [0.3, 0.4) is 0 Å². The first-order valence-corrected chi connectivity index (χ1v) is 11.8. The molecular formula is C28H40N2O2. The number of rotatable bonds is 10. The molecule has 2 aromatic rings. The van der Waals surface area contributed by atoms with Crippen LogP contribution in [0.2, 0.25) is 0 Å². The highest BCUT2D eigenvalue weighted by molar-refractivity contribution is 5.87. The Morgan fingerprint density at radius 1 is 1.03 bits per heavy atom. The van der Waals surface area contributed by atoms with Gasteiger partial charge < -0.3 is 10.2 Å². The number of carbonyl (C=O) groups excluding carboxylic acids is 2. The fourth-order valence-corrected chi connectivity index (χ4v) is 3.69. The van der Waals surface area contributed by atoms with Gasteiger partial charge in [-0.25, -0.2) is 0 Å². The number of hydrogen-bond donors (Lipinski definition) is 1. The Morgan fingerprint density at radius 3 is 2.31 bits per heavy atom. The fraction of sp³-hybridized carbons (Fsp3) is 0.500. The van der Waals surface area contributed by atoms with Gasteiger partial charge in [0.2, 0.25) is 11.8 Å². The molecule has 0 aliphatic carbocycles. The van der Waals surface area contributed by atoms with Crippen molar-refractivity contribution < 1.29 is 9.59 Å². The maximum absolute atomic E-state index is 13.3. The molecule has 0 unspecified atom stereocenters. The summed E-state index contributed by atoms with van der Waals surface area (Å²) in [5.41, 5.74) is 4.72. The van der Waals surface area contributed by atoms with Crippen molar-refractivity contribution in [2.45, 2.75) is 85.2 Å². The van der Waals surface area contributed by atoms with Crippen molar-refractivity contribution in [2.75, 3.05) is 6.54 Å². The summed E-state index contributed by atoms with van der Waals surface area (Å²) in [7, 11) is 0. The van der Waals surface area contributed by atoms with Crippen molar-refractivity contribution in [3.8, 4) is 0 Å². The lowest BCUT2D eigenvalue weighted by molar-refractivity contribution is -0.140. The average Bonchev–Trinajstić information content (AvgIpc) is 2.75. The SMILES string of the molecule is CCCCNC(=O)[C@@H](C)N(Cc1cccc(C)c1)C(=O)CCc1ccc(C(C)(C)C)cc1. The Hall–Kier alpha value is -2.62. The van der Waals surface area contributed by atoms with E-state index in [0.717, 1.165) is 29.5 Å². The Balaban J connectivity index is 2.11. The third-order valence-corrected chi connectivity index (χ3v) is 5.88. The van der Waals surface area contributed by atoms with E-state index in [1.807, 2.05) is 32.0 Å². The monoisotopic (exact) mass is 436 g/mol. The molecule has 1 atom stereocenters. The molecule has 0 fully saturated rings. The molecule has 4 heteroatoms. The van der Waals surface area contributed by atoms with Crippen molar-refractivity contribution in [1.82, 2.24) is 10.2 Å². The van der Waals surface area contributed by atoms with E-state index in [2.05, 4.69) is 63.3 Å². The van der Waals surface area contributed by atoms with E-state index in [-0.39, 0.29) is 17.2 Å². The molecule has 2 aromatic carbocycles. The van der Waals surface area contributed by atoms with Crippen molar-refractivity contribution in [3.05, 3.63) is 70.8 Å². The number of hydrogen-bond acceptors (Lipinski definition) is 2. The number of carbonyl (C=O) groups is 2. The molecule has 0 spiro atoms. The van der Waals surface area contributed by atoms with E-state index in [1.165, 1.54) is 5.56 Å². The van der Waals surface area contributed by atoms with Crippen molar-refractivity contribution in [1.29, 1.82) is 0 Å². The van der Waals surface area contributed by atoms with E-state index in [4.69, 9.17) is 0 Å². The van der Waals surface area contributed by atoms with Gasteiger partial charge in [0.25, 0.3) is 0 Å². The molecule has 0 radical (unpaired) electrons. The van der Waals surface area contributed by atoms with Crippen LogP contribution < -0.4 is 5.32 Å². The van der Waals surface area contributed by atoms with Crippen LogP contribution in [0.15, 0.2) is 48.5 Å². The van der Waals surface area contributed by atoms with Gasteiger partial charge in [0.1, 0.15) is 6.04 Å². The summed E-state index contributed by atoms with van der Waals surface area (Å²) < 4.78 is 0. The van der Waals surface area contributed by atoms with E-state index in [1.54, 1.807) is 4.90 Å². The highest BCUT2D eigenvalue weighted by Crippen LogP contribution is 2.22. The van der Waals surface area contributed by atoms with Gasteiger partial charge in [0.05, 0.1) is 0 Å². The van der Waals surface area contributed by atoms with Gasteiger partial charge in [0.15, 0.2) is 0 Å². The maximum Gasteiger partial charge on any atom is 0.242 e. The van der Waals surface area contributed by atoms with E-state index in [9.17, 15) is 9.59 Å². The zero-order valence-electron chi connectivity index (χ0n) is 20.7. The molecule has 1 N–H and O–H groups in total. The van der Waals surface area contributed by atoms with Crippen LogP contribution in [0, 0.1) is 6.92 Å². The molecule has 2 amide bonds. The lowest BCUT2D eigenvalue weighted by atomic mass is 9.86. The van der Waals surface area contributed by atoms with Crippen LogP contribution in [0.25, 0.3) is 0 Å². The van der Waals surface area contributed by atoms with Gasteiger partial charge >= 0.3 is 0 Å². The Labute approximate surface area is 194 Å². The molecule has 0 aliphatic heterocycles. The first-order valence-electron chi connectivity index (χ1n) is 11.8. The Bertz CT molecular complexity index is 881. The Morgan fingerprint density at radius 2 is 1.72 bits per heavy atom. The van der Waals surface area contributed by atoms with Gasteiger partial charge in [-0.05, 0) is 48.8 Å². The molecule has 4 nitrogen and oxygen atoms in total. The van der Waals surface area contributed by atoms with Crippen LogP contribution in [-0.2, 0) is 28.0 Å². The van der Waals surface area contributed by atoms with Gasteiger partial charge in [-0.3, -0.25) is 9.59 Å². The predicted molar refractivity (Wildman–Crippen MR) is 133 cm³/mol. The van der Waals surface area contributed by atoms with Crippen molar-refractivity contribution in [2.24, 2.45) is 0 Å². The highest BCUT2D eigenvalue weighted by atomic mass is 16.2. The molecule has 0 saturated carbocycles. The molecule has 0 saturated heterocycles. The maximum atomic E-state index is 13.3. The summed E-state index contributed by atoms with van der Waals surface area (Å²) in [6, 6.07) is 16.1. The summed E-state index contributed by atoms with van der Waals surface area (Å²) in [4.78, 5) is 27.7. The molecule has 0 aliphatic rings. The average molecular weight is 437 g/mol. The normalized spacial score (nSPS) is 12.3. The van der Waals surface area contributed by atoms with Crippen LogP contribution in [0.4, 0.5) is 0 Å². The standard InChI is InChI=1S/C28H40N2O2/c1-7-8-18-29-27(32)22(3)30(20-24-11-9-10-21(2)19-24)26(31)17-14-23-12-15-25(16-13-23)28(4,5)6/h9-13,15-16,19,22H,7-8,14,17-18,20H2,1-6H3,(H,29,32)/t22-/m1/s1. The van der Waals surface area contributed by atoms with Crippen LogP contribution in [-0.4, -0.2) is 29.3 Å². The zero-order chi connectivity index (χ0) is 23.7. The molecule has 0 heterocycles. The molecule has 32 heavy (non-hydrogen) atoms. The summed E-state index contributed by atoms with van der Waals surface area (Å²) in [5, 5.41) is 2.98. The summed E-state index contributed by atoms with van der Waals surface area (Å²) in [6.45, 7) is 13.6. The van der Waals surface area contributed by atoms with Crippen molar-refractivity contribution in [3.63, 3.8) is 0 Å². The number of benzene rings is 2. The fourth-order valence-electron chi connectivity index (χ4n) is 3.69. The number of amides is 2. The van der Waals surface area contributed by atoms with Gasteiger partial charge in [-0.15, -0.1) is 0 Å². The first-order chi connectivity index (χ1) is 15.1. The minimum Gasteiger partial charge on any atom is -0.354 e. The second kappa shape index (κ2) is 11.8. The number of nitrogens with zero attached hydrogens (tertiary/aromatic N) is 1. The minimum atomic E-state index is -0.511. The van der Waals surface area contributed by atoms with Gasteiger partial charge in [-0.2, -0.15) is 0 Å². The third kappa shape index (κ3) is 7.81. The summed E-state index contributed by atoms with van der Waals surface area (Å²) >= 11 is 0. The lowest BCUT2D eigenvalue weighted by Gasteiger charge is -2.29. The number of unbranched alkanes of at least 4 members (excludes halogenated alkanes) is 1. The van der Waals surface area contributed by atoms with Crippen LogP contribution >= 0.6 is 0 Å². The first kappa shape index (κ1) is 25.6. The molecule has 174 valence electrons. The molecule has 0 aromatic heterocycles. The number of aryl methyl sites for hydroxylation is 2. The van der Waals surface area contributed by atoms with Crippen LogP contribution in [0.1, 0.15) is 76.1 Å². The molecule has 0 bridgehead atoms. The smallest absolute Gasteiger partial charge is 0.242 e. The quantitative estimate of drug-likeness (QED) is 0.496. The number of nitrogens with one attached hydrogen (secondary N) is 1. The van der Waals surface area contributed by atoms with Crippen molar-refractivity contribution >= 4 is 11.8 Å². The third-order valence-electron chi connectivity index (χ3n) is 5.88. The minimum absolute atomic E-state index is 0.00421. The second-order valence-corrected chi connectivity index (χ2v) is 9.78. The van der Waals surface area contributed by atoms with E-state index >= 15 is 0 Å². The second-order valence-electron chi connectivity index (χ2n) is 9.78. The topological polar surface area (TPSA) is 49.4 Å². The molecule has 2 rings (SSSR count). The summed E-state index contributed by atoms with van der Waals surface area (Å²) in [6.07, 6.45) is 3.01. The van der Waals surface area contributed by atoms with Gasteiger partial charge in [0, 0.05) is 19.5 Å². The molecular weight excluding hydrogens is 396 g/mol. The predicted octanol–water partition coefficient (Wildman–Crippen LogP) is 5.56. The van der Waals surface area contributed by atoms with E-state index in [0.29, 0.717) is 25.9 Å². The lowest BCUT2D eigenvalue weighted by Crippen LogP contribution is -2.47.